The first kappa shape index (κ1) is 17.9. The van der Waals surface area contributed by atoms with Gasteiger partial charge in [0.15, 0.2) is 0 Å². The van der Waals surface area contributed by atoms with Crippen LogP contribution in [0.4, 0.5) is 17.3 Å². The molecule has 1 amide bonds. The molecule has 1 saturated heterocycles. The van der Waals surface area contributed by atoms with Crippen molar-refractivity contribution in [3.63, 3.8) is 0 Å². The summed E-state index contributed by atoms with van der Waals surface area (Å²) >= 11 is -5.04. The van der Waals surface area contributed by atoms with Crippen molar-refractivity contribution < 1.29 is 16.5 Å². The number of nitrogens with two attached hydrogens (primary N) is 1. The van der Waals surface area contributed by atoms with E-state index in [1.807, 2.05) is 17.9 Å². The Morgan fingerprint density at radius 3 is 2.48 bits per heavy atom. The van der Waals surface area contributed by atoms with Crippen LogP contribution in [0.1, 0.15) is 18.9 Å². The van der Waals surface area contributed by atoms with Gasteiger partial charge in [-0.1, -0.05) is 19.1 Å². The zero-order chi connectivity index (χ0) is 17.0. The van der Waals surface area contributed by atoms with E-state index in [1.165, 1.54) is 6.07 Å². The fraction of sp³-hybridized carbons (Fsp3) is 0.533. The van der Waals surface area contributed by atoms with Gasteiger partial charge >= 0.3 is 0 Å². The third-order valence-electron chi connectivity index (χ3n) is 3.95. The van der Waals surface area contributed by atoms with Crippen molar-refractivity contribution in [1.29, 1.82) is 0 Å². The second kappa shape index (κ2) is 7.44. The van der Waals surface area contributed by atoms with Crippen LogP contribution in [0, 0.1) is 0 Å². The molecule has 1 heterocycles. The molecule has 0 spiro atoms. The van der Waals surface area contributed by atoms with Crippen LogP contribution < -0.4 is 10.6 Å². The van der Waals surface area contributed by atoms with Crippen molar-refractivity contribution in [3.05, 3.63) is 29.8 Å². The molecule has 130 valence electrons. The summed E-state index contributed by atoms with van der Waals surface area (Å²) in [4.78, 5) is 15.8. The third-order valence-corrected chi connectivity index (χ3v) is 4.62. The fourth-order valence-electron chi connectivity index (χ4n) is 2.63. The average Bonchev–Trinajstić information content (AvgIpc) is 2.52. The summed E-state index contributed by atoms with van der Waals surface area (Å²) in [6.45, 7) is 4.16. The predicted molar refractivity (Wildman–Crippen MR) is 88.1 cm³/mol. The van der Waals surface area contributed by atoms with Gasteiger partial charge in [-0.3, -0.25) is 4.79 Å². The molecule has 1 aromatic carbocycles. The normalized spacial score (nSPS) is 18.0. The second-order valence-electron chi connectivity index (χ2n) is 5.64. The van der Waals surface area contributed by atoms with Gasteiger partial charge in [-0.05, 0) is 24.1 Å². The van der Waals surface area contributed by atoms with Crippen LogP contribution in [-0.2, 0) is 10.5 Å². The Hall–Kier alpha value is -1.41. The lowest BCUT2D eigenvalue weighted by molar-refractivity contribution is -0.132. The van der Waals surface area contributed by atoms with E-state index in [-0.39, 0.29) is 11.5 Å². The molecule has 2 rings (SSSR count). The van der Waals surface area contributed by atoms with Crippen LogP contribution >= 0.6 is 11.2 Å². The highest BCUT2D eigenvalue weighted by Gasteiger charge is 2.25. The molecule has 8 heteroatoms. The summed E-state index contributed by atoms with van der Waals surface area (Å²) in [6, 6.07) is 6.09. The summed E-state index contributed by atoms with van der Waals surface area (Å²) < 4.78 is 37.7. The van der Waals surface area contributed by atoms with Crippen molar-refractivity contribution >= 4 is 22.8 Å². The van der Waals surface area contributed by atoms with Crippen molar-refractivity contribution in [2.24, 2.45) is 5.73 Å². The van der Waals surface area contributed by atoms with E-state index in [9.17, 15) is 16.5 Å². The quantitative estimate of drug-likeness (QED) is 0.889. The van der Waals surface area contributed by atoms with Crippen LogP contribution in [0.2, 0.25) is 0 Å². The summed E-state index contributed by atoms with van der Waals surface area (Å²) in [6.07, 6.45) is 0.598. The zero-order valence-corrected chi connectivity index (χ0v) is 13.9. The molecular weight excluding hydrogens is 327 g/mol. The molecule has 4 nitrogen and oxygen atoms in total. The standard InChI is InChI=1S/C15H22F3N3OS/c1-2-14(19)15(22)21-8-6-20(7-9-21)13-5-3-4-12(10-13)11-23(16,17)18/h3-5,10,14H,2,6-9,11,19H2,1H3/t14-/m0/s1. The van der Waals surface area contributed by atoms with Crippen molar-refractivity contribution in [3.8, 4) is 0 Å². The number of carbonyl (C=O) groups excluding carboxylic acids is 1. The Morgan fingerprint density at radius 2 is 1.91 bits per heavy atom. The molecule has 0 bridgehead atoms. The van der Waals surface area contributed by atoms with E-state index in [1.54, 1.807) is 17.0 Å². The van der Waals surface area contributed by atoms with E-state index in [0.29, 0.717) is 32.6 Å². The zero-order valence-electron chi connectivity index (χ0n) is 13.1. The number of hydrogen-bond acceptors (Lipinski definition) is 3. The van der Waals surface area contributed by atoms with Crippen LogP contribution in [0.25, 0.3) is 0 Å². The van der Waals surface area contributed by atoms with E-state index in [0.717, 1.165) is 5.69 Å². The summed E-state index contributed by atoms with van der Waals surface area (Å²) in [5.41, 5.74) is 6.83. The maximum Gasteiger partial charge on any atom is 0.239 e. The van der Waals surface area contributed by atoms with E-state index >= 15 is 0 Å². The Bertz CT molecular complexity index is 545. The average molecular weight is 349 g/mol. The van der Waals surface area contributed by atoms with Crippen LogP contribution in [-0.4, -0.2) is 43.0 Å². The molecule has 2 N–H and O–H groups in total. The number of amides is 1. The van der Waals surface area contributed by atoms with Crippen LogP contribution in [0.15, 0.2) is 24.3 Å². The number of carbonyl (C=O) groups is 1. The molecule has 0 aliphatic carbocycles. The molecular formula is C15H22F3N3OS. The number of halogens is 3. The van der Waals surface area contributed by atoms with Crippen molar-refractivity contribution in [1.82, 2.24) is 4.90 Å². The van der Waals surface area contributed by atoms with Gasteiger partial charge in [-0.2, -0.15) is 0 Å². The van der Waals surface area contributed by atoms with E-state index in [4.69, 9.17) is 5.73 Å². The lowest BCUT2D eigenvalue weighted by Crippen LogP contribution is -2.53. The molecule has 0 radical (unpaired) electrons. The maximum absolute atomic E-state index is 12.6. The van der Waals surface area contributed by atoms with Crippen molar-refractivity contribution in [2.45, 2.75) is 25.1 Å². The minimum Gasteiger partial charge on any atom is -0.368 e. The largest absolute Gasteiger partial charge is 0.368 e. The van der Waals surface area contributed by atoms with Gasteiger partial charge in [-0.25, -0.2) is 0 Å². The minimum absolute atomic E-state index is 0.0541. The maximum atomic E-state index is 12.6. The fourth-order valence-corrected chi connectivity index (χ4v) is 3.18. The Labute approximate surface area is 136 Å². The second-order valence-corrected chi connectivity index (χ2v) is 6.94. The van der Waals surface area contributed by atoms with Crippen molar-refractivity contribution in [2.75, 3.05) is 31.1 Å². The number of rotatable bonds is 5. The monoisotopic (exact) mass is 349 g/mol. The topological polar surface area (TPSA) is 49.6 Å². The number of anilines is 1. The number of benzene rings is 1. The molecule has 0 unspecified atom stereocenters. The molecule has 0 saturated carbocycles. The lowest BCUT2D eigenvalue weighted by atomic mass is 10.1. The first-order valence-electron chi connectivity index (χ1n) is 7.58. The SMILES string of the molecule is CC[C@H](N)C(=O)N1CCN(c2cccc(CS(F)(F)F)c2)CC1. The van der Waals surface area contributed by atoms with Gasteiger partial charge in [0, 0.05) is 31.9 Å². The Morgan fingerprint density at radius 1 is 1.26 bits per heavy atom. The molecule has 23 heavy (non-hydrogen) atoms. The van der Waals surface area contributed by atoms with E-state index < -0.39 is 23.0 Å². The lowest BCUT2D eigenvalue weighted by Gasteiger charge is -2.37. The van der Waals surface area contributed by atoms with Gasteiger partial charge in [0.05, 0.1) is 11.8 Å². The summed E-state index contributed by atoms with van der Waals surface area (Å²) in [7, 11) is 0. The van der Waals surface area contributed by atoms with Crippen LogP contribution in [0.3, 0.4) is 0 Å². The Balaban J connectivity index is 1.98. The molecule has 0 aromatic heterocycles. The number of hydrogen-bond donors (Lipinski definition) is 1. The first-order chi connectivity index (χ1) is 10.8. The summed E-state index contributed by atoms with van der Waals surface area (Å²) in [5.74, 6) is -0.897. The Kier molecular flexibility index (Phi) is 5.80. The van der Waals surface area contributed by atoms with Gasteiger partial charge in [0.2, 0.25) is 17.1 Å². The molecule has 1 aromatic rings. The highest BCUT2D eigenvalue weighted by atomic mass is 32.3. The first-order valence-corrected chi connectivity index (χ1v) is 9.08. The molecule has 1 aliphatic heterocycles. The van der Waals surface area contributed by atoms with Crippen LogP contribution in [0.5, 0.6) is 0 Å². The minimum atomic E-state index is -5.04. The highest BCUT2D eigenvalue weighted by Crippen LogP contribution is 2.56. The van der Waals surface area contributed by atoms with Gasteiger partial charge < -0.3 is 15.5 Å². The summed E-state index contributed by atoms with van der Waals surface area (Å²) in [5, 5.41) is 0. The van der Waals surface area contributed by atoms with Gasteiger partial charge in [-0.15, -0.1) is 11.7 Å². The molecule has 1 atom stereocenters. The molecule has 1 fully saturated rings. The molecule has 1 aliphatic rings. The highest BCUT2D eigenvalue weighted by molar-refractivity contribution is 8.20. The number of piperazine rings is 1. The number of nitrogens with zero attached hydrogens (tertiary/aromatic N) is 2. The van der Waals surface area contributed by atoms with Gasteiger partial charge in [0.25, 0.3) is 0 Å². The predicted octanol–water partition coefficient (Wildman–Crippen LogP) is 3.03. The smallest absolute Gasteiger partial charge is 0.239 e. The van der Waals surface area contributed by atoms with Gasteiger partial charge in [0.1, 0.15) is 0 Å². The third kappa shape index (κ3) is 5.04. The van der Waals surface area contributed by atoms with E-state index in [2.05, 4.69) is 0 Å².